The number of nitrogens with two attached hydrogens (primary N) is 5. The van der Waals surface area contributed by atoms with Gasteiger partial charge < -0.3 is 90.3 Å². The standard InChI is InChI=1S/C65H126N10O15S/c1-3-5-7-9-11-13-15-17-19-21-23-25-27-41-58(80)89-45-48(90-59(81)42-28-26-24-22-20-18-16-14-12-10-8-6-4-2)46-91-47-49(67)60(82)75-54(44-76)64(86)73-51(36-32-39-56(69)78)62(84)71-50(35-31-38-55(68)77)61(83)72-52(37-33-40-57(70)79)63(85)74-53(65(87)88)34-29-30-43-66/h48-57,76-79H,3-47,66-70H2,1-2H3,(H,71,84)(H,72,83)(H,73,86)(H,74,85)(H,75,82)(H,87,88)/t48?,49-,50-,51-,52-,53-,54-,55?,56?,57?/m0/s1. The number of ether oxygens (including phenoxy) is 2. The van der Waals surface area contributed by atoms with Crippen LogP contribution >= 0.6 is 11.8 Å². The molecule has 0 rings (SSSR count). The quantitative estimate of drug-likeness (QED) is 0.0205. The van der Waals surface area contributed by atoms with Gasteiger partial charge in [-0.3, -0.25) is 33.6 Å². The summed E-state index contributed by atoms with van der Waals surface area (Å²) in [4.78, 5) is 107. The average molecular weight is 1320 g/mol. The minimum atomic E-state index is -1.64. The average Bonchev–Trinajstić information content (AvgIpc) is 2.15. The van der Waals surface area contributed by atoms with Crippen molar-refractivity contribution in [2.75, 3.05) is 31.3 Å². The van der Waals surface area contributed by atoms with E-state index >= 15 is 0 Å². The van der Waals surface area contributed by atoms with Gasteiger partial charge in [0.2, 0.25) is 29.5 Å². The molecule has 0 bridgehead atoms. The highest BCUT2D eigenvalue weighted by atomic mass is 32.2. The van der Waals surface area contributed by atoms with Gasteiger partial charge in [0.05, 0.1) is 12.6 Å². The Kier molecular flexibility index (Phi) is 55.6. The summed E-state index contributed by atoms with van der Waals surface area (Å²) in [6.45, 7) is 3.62. The third-order valence-electron chi connectivity index (χ3n) is 15.9. The fourth-order valence-electron chi connectivity index (χ4n) is 10.3. The van der Waals surface area contributed by atoms with Gasteiger partial charge in [0.25, 0.3) is 0 Å². The fourth-order valence-corrected chi connectivity index (χ4v) is 11.3. The van der Waals surface area contributed by atoms with Crippen LogP contribution in [0.15, 0.2) is 0 Å². The van der Waals surface area contributed by atoms with E-state index in [0.29, 0.717) is 32.2 Å². The summed E-state index contributed by atoms with van der Waals surface area (Å²) < 4.78 is 11.4. The van der Waals surface area contributed by atoms with E-state index in [2.05, 4.69) is 40.4 Å². The molecule has 0 aliphatic rings. The topological polar surface area (TPSA) is 446 Å². The Morgan fingerprint density at radius 3 is 1.08 bits per heavy atom. The molecule has 0 spiro atoms. The molecule has 26 heteroatoms. The molecule has 25 nitrogen and oxygen atoms in total. The zero-order chi connectivity index (χ0) is 67.9. The van der Waals surface area contributed by atoms with Crippen molar-refractivity contribution in [2.24, 2.45) is 28.7 Å². The summed E-state index contributed by atoms with van der Waals surface area (Å²) in [5.41, 5.74) is 28.5. The van der Waals surface area contributed by atoms with Crippen molar-refractivity contribution in [1.29, 1.82) is 0 Å². The van der Waals surface area contributed by atoms with Gasteiger partial charge in [0, 0.05) is 24.3 Å². The second-order valence-electron chi connectivity index (χ2n) is 24.5. The van der Waals surface area contributed by atoms with E-state index in [1.165, 1.54) is 116 Å². The SMILES string of the molecule is CCCCCCCCCCCCCCCC(=O)OCC(CSC[C@H](N)C(=O)N[C@@H](CO)C(=O)N[C@@H](CCCC(N)O)C(=O)N[C@@H](CCCC(N)O)C(=O)N[C@@H](CCCC(N)O)C(=O)N[C@@H](CCCCN)C(=O)O)OC(=O)CCCCCCCCCCCCCCC. The molecule has 5 amide bonds. The zero-order valence-electron chi connectivity index (χ0n) is 55.7. The molecule has 0 saturated carbocycles. The van der Waals surface area contributed by atoms with E-state index in [0.717, 1.165) is 50.3 Å². The first kappa shape index (κ1) is 86.8. The van der Waals surface area contributed by atoms with Crippen LogP contribution in [0, 0.1) is 0 Å². The van der Waals surface area contributed by atoms with E-state index in [1.807, 2.05) is 0 Å². The first-order valence-electron chi connectivity index (χ1n) is 34.7. The Morgan fingerprint density at radius 2 is 0.725 bits per heavy atom. The molecule has 0 aliphatic carbocycles. The lowest BCUT2D eigenvalue weighted by atomic mass is 10.0. The molecule has 0 aromatic heterocycles. The van der Waals surface area contributed by atoms with Crippen molar-refractivity contribution in [2.45, 2.75) is 332 Å². The van der Waals surface area contributed by atoms with E-state index in [9.17, 15) is 63.9 Å². The van der Waals surface area contributed by atoms with Gasteiger partial charge in [-0.15, -0.1) is 0 Å². The van der Waals surface area contributed by atoms with E-state index in [-0.39, 0.29) is 95.2 Å². The van der Waals surface area contributed by atoms with Crippen LogP contribution in [0.4, 0.5) is 0 Å². The molecule has 4 unspecified atom stereocenters. The number of carbonyl (C=O) groups is 8. The number of nitrogens with one attached hydrogen (secondary N) is 5. The van der Waals surface area contributed by atoms with Crippen LogP contribution in [0.5, 0.6) is 0 Å². The molecular formula is C65H126N10O15S. The Labute approximate surface area is 548 Å². The van der Waals surface area contributed by atoms with Gasteiger partial charge in [-0.05, 0) is 96.4 Å². The number of amides is 5. The van der Waals surface area contributed by atoms with Gasteiger partial charge in [0.15, 0.2) is 0 Å². The molecular weight excluding hydrogens is 1190 g/mol. The van der Waals surface area contributed by atoms with Crippen molar-refractivity contribution in [3.05, 3.63) is 0 Å². The normalized spacial score (nSPS) is 14.8. The van der Waals surface area contributed by atoms with E-state index < -0.39 is 115 Å². The Hall–Kier alpha value is -4.25. The Bertz CT molecular complexity index is 1910. The second-order valence-corrected chi connectivity index (χ2v) is 25.6. The molecule has 0 aliphatic heterocycles. The van der Waals surface area contributed by atoms with Crippen molar-refractivity contribution in [1.82, 2.24) is 26.6 Å². The molecule has 0 heterocycles. The highest BCUT2D eigenvalue weighted by Crippen LogP contribution is 2.18. The smallest absolute Gasteiger partial charge is 0.326 e. The maximum atomic E-state index is 14.1. The molecule has 0 aromatic rings. The number of thioether (sulfide) groups is 1. The van der Waals surface area contributed by atoms with Gasteiger partial charge in [-0.2, -0.15) is 11.8 Å². The fraction of sp³-hybridized carbons (Fsp3) is 0.877. The molecule has 532 valence electrons. The molecule has 0 fully saturated rings. The summed E-state index contributed by atoms with van der Waals surface area (Å²) in [6, 6.07) is -8.53. The number of esters is 2. The lowest BCUT2D eigenvalue weighted by molar-refractivity contribution is -0.157. The van der Waals surface area contributed by atoms with Crippen LogP contribution in [0.25, 0.3) is 0 Å². The van der Waals surface area contributed by atoms with Crippen LogP contribution in [-0.4, -0.2) is 165 Å². The van der Waals surface area contributed by atoms with Crippen molar-refractivity contribution in [3.8, 4) is 0 Å². The van der Waals surface area contributed by atoms with Crippen molar-refractivity contribution < 1.29 is 73.4 Å². The predicted octanol–water partition coefficient (Wildman–Crippen LogP) is 5.44. The summed E-state index contributed by atoms with van der Waals surface area (Å²) in [5.74, 6) is -6.65. The first-order chi connectivity index (χ1) is 43.7. The highest BCUT2D eigenvalue weighted by molar-refractivity contribution is 7.99. The number of carboxylic acid groups (broad SMARTS) is 1. The number of carbonyl (C=O) groups excluding carboxylic acids is 7. The van der Waals surface area contributed by atoms with Gasteiger partial charge in [-0.25, -0.2) is 4.79 Å². The maximum absolute atomic E-state index is 14.1. The molecule has 0 saturated heterocycles. The van der Waals surface area contributed by atoms with E-state index in [1.54, 1.807) is 0 Å². The molecule has 20 N–H and O–H groups in total. The molecule has 0 radical (unpaired) electrons. The monoisotopic (exact) mass is 1320 g/mol. The van der Waals surface area contributed by atoms with Crippen molar-refractivity contribution >= 4 is 59.2 Å². The molecule has 0 aromatic carbocycles. The third-order valence-corrected chi connectivity index (χ3v) is 17.1. The van der Waals surface area contributed by atoms with Crippen LogP contribution < -0.4 is 55.3 Å². The second kappa shape index (κ2) is 58.3. The predicted molar refractivity (Wildman–Crippen MR) is 356 cm³/mol. The number of rotatable bonds is 63. The van der Waals surface area contributed by atoms with Gasteiger partial charge in [0.1, 0.15) is 61.6 Å². The Morgan fingerprint density at radius 1 is 0.396 bits per heavy atom. The lowest BCUT2D eigenvalue weighted by Gasteiger charge is -2.27. The van der Waals surface area contributed by atoms with Crippen LogP contribution in [0.1, 0.15) is 271 Å². The third kappa shape index (κ3) is 49.9. The van der Waals surface area contributed by atoms with Crippen LogP contribution in [0.3, 0.4) is 0 Å². The van der Waals surface area contributed by atoms with Crippen molar-refractivity contribution in [3.63, 3.8) is 0 Å². The number of hydrogen-bond acceptors (Lipinski definition) is 20. The summed E-state index contributed by atoms with van der Waals surface area (Å²) in [5, 5.41) is 62.0. The number of hydrogen-bond donors (Lipinski definition) is 15. The largest absolute Gasteiger partial charge is 0.480 e. The summed E-state index contributed by atoms with van der Waals surface area (Å²) >= 11 is 1.16. The van der Waals surface area contributed by atoms with Gasteiger partial charge >= 0.3 is 17.9 Å². The molecule has 10 atom stereocenters. The maximum Gasteiger partial charge on any atom is 0.326 e. The number of aliphatic carboxylic acids is 1. The summed E-state index contributed by atoms with van der Waals surface area (Å²) in [7, 11) is 0. The van der Waals surface area contributed by atoms with E-state index in [4.69, 9.17) is 38.1 Å². The summed E-state index contributed by atoms with van der Waals surface area (Å²) in [6.07, 6.45) is 26.8. The number of aliphatic hydroxyl groups excluding tert-OH is 4. The number of aliphatic hydroxyl groups is 4. The minimum Gasteiger partial charge on any atom is -0.480 e. The van der Waals surface area contributed by atoms with Crippen LogP contribution in [-0.2, 0) is 47.8 Å². The van der Waals surface area contributed by atoms with Crippen LogP contribution in [0.2, 0.25) is 0 Å². The molecule has 91 heavy (non-hydrogen) atoms. The highest BCUT2D eigenvalue weighted by Gasteiger charge is 2.33. The Balaban J connectivity index is 5.97. The minimum absolute atomic E-state index is 0.0171. The first-order valence-corrected chi connectivity index (χ1v) is 35.9. The number of carboxylic acids is 1. The zero-order valence-corrected chi connectivity index (χ0v) is 56.5. The number of unbranched alkanes of at least 4 members (excludes halogenated alkanes) is 25. The van der Waals surface area contributed by atoms with Gasteiger partial charge in [-0.1, -0.05) is 168 Å². The lowest BCUT2D eigenvalue weighted by Crippen LogP contribution is -2.59.